The summed E-state index contributed by atoms with van der Waals surface area (Å²) in [4.78, 5) is 6.74. The fraction of sp³-hybridized carbons (Fsp3) is 0.750. The van der Waals surface area contributed by atoms with Crippen LogP contribution >= 0.6 is 7.99 Å². The van der Waals surface area contributed by atoms with Gasteiger partial charge in [-0.15, -0.1) is 20.7 Å². The number of rotatable bonds is 5. The van der Waals surface area contributed by atoms with E-state index in [1.54, 1.807) is 6.92 Å². The minimum absolute atomic E-state index is 0.0346. The standard InChI is InChI=1S/C8H14O3.F2HO2P/c1-3-4-8(10)7(2)11-6-5-9;1-5(2,3)4/h1,7-10H,4-6H2,2H3;(H,3,4). The maximum absolute atomic E-state index is 10.1. The summed E-state index contributed by atoms with van der Waals surface area (Å²) in [6.45, 7) is 1.92. The molecule has 0 fully saturated rings. The Labute approximate surface area is 92.7 Å². The number of hydrogen-bond acceptors (Lipinski definition) is 4. The van der Waals surface area contributed by atoms with Crippen LogP contribution in [-0.4, -0.2) is 40.5 Å². The fourth-order valence-electron chi connectivity index (χ4n) is 0.636. The lowest BCUT2D eigenvalue weighted by Crippen LogP contribution is -2.26. The monoisotopic (exact) mass is 260 g/mol. The van der Waals surface area contributed by atoms with E-state index >= 15 is 0 Å². The Morgan fingerprint density at radius 1 is 1.56 bits per heavy atom. The van der Waals surface area contributed by atoms with Crippen molar-refractivity contribution in [2.24, 2.45) is 0 Å². The first kappa shape index (κ1) is 17.9. The van der Waals surface area contributed by atoms with Crippen molar-refractivity contribution in [2.45, 2.75) is 25.6 Å². The van der Waals surface area contributed by atoms with E-state index in [9.17, 15) is 13.5 Å². The van der Waals surface area contributed by atoms with E-state index in [0.29, 0.717) is 0 Å². The van der Waals surface area contributed by atoms with Gasteiger partial charge in [0.25, 0.3) is 0 Å². The molecule has 0 bridgehead atoms. The maximum atomic E-state index is 10.1. The average molecular weight is 260 g/mol. The predicted molar refractivity (Wildman–Crippen MR) is 54.0 cm³/mol. The van der Waals surface area contributed by atoms with Crippen LogP contribution < -0.4 is 0 Å². The third kappa shape index (κ3) is 19.1. The number of halogens is 2. The van der Waals surface area contributed by atoms with E-state index < -0.39 is 14.1 Å². The Bertz CT molecular complexity index is 241. The van der Waals surface area contributed by atoms with Crippen LogP contribution in [0.5, 0.6) is 0 Å². The van der Waals surface area contributed by atoms with Crippen molar-refractivity contribution >= 4 is 7.99 Å². The topological polar surface area (TPSA) is 87.0 Å². The Balaban J connectivity index is 0. The molecule has 0 aromatic heterocycles. The molecule has 0 aliphatic rings. The van der Waals surface area contributed by atoms with Crippen LogP contribution in [0.4, 0.5) is 8.39 Å². The lowest BCUT2D eigenvalue weighted by Gasteiger charge is -2.16. The highest BCUT2D eigenvalue weighted by Gasteiger charge is 2.12. The van der Waals surface area contributed by atoms with Crippen LogP contribution in [-0.2, 0) is 9.30 Å². The Hall–Kier alpha value is -0.510. The van der Waals surface area contributed by atoms with Crippen molar-refractivity contribution in [3.63, 3.8) is 0 Å². The van der Waals surface area contributed by atoms with Gasteiger partial charge in [-0.25, -0.2) is 4.57 Å². The van der Waals surface area contributed by atoms with Crippen molar-refractivity contribution < 1.29 is 32.8 Å². The van der Waals surface area contributed by atoms with Crippen molar-refractivity contribution in [3.05, 3.63) is 0 Å². The third-order valence-electron chi connectivity index (χ3n) is 1.34. The van der Waals surface area contributed by atoms with E-state index in [2.05, 4.69) is 5.92 Å². The molecule has 0 aromatic carbocycles. The summed E-state index contributed by atoms with van der Waals surface area (Å²) >= 11 is 0. The lowest BCUT2D eigenvalue weighted by molar-refractivity contribution is -0.0349. The van der Waals surface area contributed by atoms with Crippen LogP contribution in [0.15, 0.2) is 0 Å². The molecule has 0 heterocycles. The largest absolute Gasteiger partial charge is 0.549 e. The molecule has 5 nitrogen and oxygen atoms in total. The molecule has 0 radical (unpaired) electrons. The Kier molecular flexibility index (Phi) is 10.8. The molecule has 0 rings (SSSR count). The van der Waals surface area contributed by atoms with Gasteiger partial charge in [0.2, 0.25) is 0 Å². The van der Waals surface area contributed by atoms with Crippen LogP contribution in [0.25, 0.3) is 0 Å². The van der Waals surface area contributed by atoms with Crippen molar-refractivity contribution in [2.75, 3.05) is 13.2 Å². The molecular weight excluding hydrogens is 245 g/mol. The average Bonchev–Trinajstić information content (AvgIpc) is 2.11. The van der Waals surface area contributed by atoms with Gasteiger partial charge in [0.1, 0.15) is 0 Å². The second kappa shape index (κ2) is 9.70. The highest BCUT2D eigenvalue weighted by molar-refractivity contribution is 7.46. The van der Waals surface area contributed by atoms with E-state index in [0.717, 1.165) is 0 Å². The Morgan fingerprint density at radius 3 is 2.31 bits per heavy atom. The summed E-state index contributed by atoms with van der Waals surface area (Å²) in [6, 6.07) is 0. The van der Waals surface area contributed by atoms with Crippen molar-refractivity contribution in [3.8, 4) is 12.3 Å². The van der Waals surface area contributed by atoms with Crippen molar-refractivity contribution in [1.82, 2.24) is 0 Å². The van der Waals surface area contributed by atoms with Gasteiger partial charge >= 0.3 is 7.99 Å². The molecule has 0 amide bonds. The van der Waals surface area contributed by atoms with Crippen molar-refractivity contribution in [1.29, 1.82) is 0 Å². The molecular formula is C8H15F2O5P. The summed E-state index contributed by atoms with van der Waals surface area (Å²) in [5.41, 5.74) is 0. The van der Waals surface area contributed by atoms with E-state index in [-0.39, 0.29) is 25.7 Å². The molecule has 0 saturated carbocycles. The minimum atomic E-state index is -5.64. The lowest BCUT2D eigenvalue weighted by atomic mass is 10.2. The SMILES string of the molecule is C#CCC(O)C(C)OCCO.O=P(O)(F)F. The van der Waals surface area contributed by atoms with E-state index in [1.807, 2.05) is 0 Å². The van der Waals surface area contributed by atoms with Gasteiger partial charge < -0.3 is 14.9 Å². The molecule has 0 aliphatic carbocycles. The Morgan fingerprint density at radius 2 is 2.00 bits per heavy atom. The molecule has 0 spiro atoms. The molecule has 0 aliphatic heterocycles. The molecule has 0 saturated heterocycles. The van der Waals surface area contributed by atoms with Crippen LogP contribution in [0.3, 0.4) is 0 Å². The van der Waals surface area contributed by atoms with Gasteiger partial charge in [0.15, 0.2) is 0 Å². The van der Waals surface area contributed by atoms with Gasteiger partial charge in [-0.1, -0.05) is 0 Å². The number of ether oxygens (including phenoxy) is 1. The van der Waals surface area contributed by atoms with Gasteiger partial charge in [-0.3, -0.25) is 4.89 Å². The van der Waals surface area contributed by atoms with Gasteiger partial charge in [0.05, 0.1) is 25.4 Å². The number of hydrogen-bond donors (Lipinski definition) is 3. The highest BCUT2D eigenvalue weighted by Crippen LogP contribution is 2.43. The maximum Gasteiger partial charge on any atom is 0.549 e. The highest BCUT2D eigenvalue weighted by atomic mass is 31.2. The summed E-state index contributed by atoms with van der Waals surface area (Å²) in [7, 11) is -5.64. The quantitative estimate of drug-likeness (QED) is 0.502. The normalized spacial score (nSPS) is 14.3. The van der Waals surface area contributed by atoms with Gasteiger partial charge in [0, 0.05) is 6.42 Å². The summed E-state index contributed by atoms with van der Waals surface area (Å²) in [5, 5.41) is 17.6. The zero-order valence-electron chi connectivity index (χ0n) is 8.71. The first-order valence-electron chi connectivity index (χ1n) is 4.28. The number of aliphatic hydroxyl groups is 2. The minimum Gasteiger partial charge on any atom is -0.394 e. The smallest absolute Gasteiger partial charge is 0.394 e. The second-order valence-corrected chi connectivity index (χ2v) is 3.58. The van der Waals surface area contributed by atoms with E-state index in [1.165, 1.54) is 0 Å². The molecule has 2 unspecified atom stereocenters. The second-order valence-electron chi connectivity index (χ2n) is 2.71. The molecule has 96 valence electrons. The van der Waals surface area contributed by atoms with Gasteiger partial charge in [-0.2, -0.15) is 0 Å². The number of terminal acetylenes is 1. The summed E-state index contributed by atoms with van der Waals surface area (Å²) in [6.07, 6.45) is 4.33. The summed E-state index contributed by atoms with van der Waals surface area (Å²) < 4.78 is 33.7. The predicted octanol–water partition coefficient (Wildman–Crippen LogP) is 0.794. The van der Waals surface area contributed by atoms with E-state index in [4.69, 9.17) is 25.7 Å². The molecule has 8 heteroatoms. The first-order valence-corrected chi connectivity index (χ1v) is 5.72. The van der Waals surface area contributed by atoms with Crippen LogP contribution in [0.1, 0.15) is 13.3 Å². The molecule has 0 aromatic rings. The first-order chi connectivity index (χ1) is 7.22. The molecule has 16 heavy (non-hydrogen) atoms. The zero-order chi connectivity index (χ0) is 13.2. The van der Waals surface area contributed by atoms with Crippen LogP contribution in [0, 0.1) is 12.3 Å². The fourth-order valence-corrected chi connectivity index (χ4v) is 0.636. The molecule has 2 atom stereocenters. The van der Waals surface area contributed by atoms with Crippen LogP contribution in [0.2, 0.25) is 0 Å². The third-order valence-corrected chi connectivity index (χ3v) is 1.34. The zero-order valence-corrected chi connectivity index (χ0v) is 9.61. The summed E-state index contributed by atoms with van der Waals surface area (Å²) in [5.74, 6) is 2.33. The van der Waals surface area contributed by atoms with Gasteiger partial charge in [-0.05, 0) is 6.92 Å². The molecule has 3 N–H and O–H groups in total. The number of aliphatic hydroxyl groups excluding tert-OH is 2.